The van der Waals surface area contributed by atoms with Gasteiger partial charge in [-0.15, -0.1) is 0 Å². The van der Waals surface area contributed by atoms with Crippen LogP contribution in [0.3, 0.4) is 0 Å². The number of esters is 1. The van der Waals surface area contributed by atoms with Gasteiger partial charge in [0.2, 0.25) is 5.91 Å². The summed E-state index contributed by atoms with van der Waals surface area (Å²) in [5.74, 6) is -1.68. The zero-order chi connectivity index (χ0) is 17.0. The maximum Gasteiger partial charge on any atom is 0.416 e. The molecule has 9 heteroatoms. The van der Waals surface area contributed by atoms with Crippen molar-refractivity contribution in [1.82, 2.24) is 5.32 Å². The molecule has 0 spiro atoms. The summed E-state index contributed by atoms with van der Waals surface area (Å²) in [5.41, 5.74) is -0.688. The minimum atomic E-state index is -4.45. The van der Waals surface area contributed by atoms with Gasteiger partial charge in [-0.3, -0.25) is 9.59 Å². The van der Waals surface area contributed by atoms with E-state index in [0.717, 1.165) is 24.3 Å². The molecule has 0 aliphatic carbocycles. The highest BCUT2D eigenvalue weighted by Crippen LogP contribution is 2.29. The molecular formula is C14H13F3N2O4. The van der Waals surface area contributed by atoms with Crippen LogP contribution >= 0.6 is 0 Å². The lowest BCUT2D eigenvalue weighted by molar-refractivity contribution is -0.149. The number of halogens is 3. The van der Waals surface area contributed by atoms with Gasteiger partial charge in [-0.25, -0.2) is 4.79 Å². The van der Waals surface area contributed by atoms with E-state index in [1.807, 2.05) is 0 Å². The summed E-state index contributed by atoms with van der Waals surface area (Å²) < 4.78 is 41.9. The molecule has 0 aromatic heterocycles. The number of hydrogen-bond acceptors (Lipinski definition) is 4. The van der Waals surface area contributed by atoms with Crippen LogP contribution in [0.5, 0.6) is 0 Å². The Kier molecular flexibility index (Phi) is 4.87. The number of anilines is 1. The number of ether oxygens (including phenoxy) is 1. The fraction of sp³-hybridized carbons (Fsp3) is 0.357. The fourth-order valence-corrected chi connectivity index (χ4v) is 1.97. The number of hydrogen-bond donors (Lipinski definition) is 2. The van der Waals surface area contributed by atoms with Gasteiger partial charge in [0.1, 0.15) is 6.04 Å². The molecule has 1 fully saturated rings. The smallest absolute Gasteiger partial charge is 0.416 e. The van der Waals surface area contributed by atoms with E-state index in [4.69, 9.17) is 4.74 Å². The maximum atomic E-state index is 12.4. The van der Waals surface area contributed by atoms with Crippen LogP contribution in [0.2, 0.25) is 0 Å². The Bertz CT molecular complexity index is 613. The lowest BCUT2D eigenvalue weighted by Crippen LogP contribution is -2.36. The first-order chi connectivity index (χ1) is 10.8. The molecule has 2 N–H and O–H groups in total. The number of alkyl halides is 3. The van der Waals surface area contributed by atoms with E-state index < -0.39 is 36.3 Å². The third kappa shape index (κ3) is 4.70. The number of amides is 2. The summed E-state index contributed by atoms with van der Waals surface area (Å²) >= 11 is 0. The van der Waals surface area contributed by atoms with Gasteiger partial charge in [-0.05, 0) is 30.7 Å². The van der Waals surface area contributed by atoms with Crippen molar-refractivity contribution in [3.05, 3.63) is 29.8 Å². The Morgan fingerprint density at radius 3 is 2.43 bits per heavy atom. The van der Waals surface area contributed by atoms with Gasteiger partial charge in [0.05, 0.1) is 5.56 Å². The van der Waals surface area contributed by atoms with Crippen LogP contribution < -0.4 is 10.6 Å². The number of benzene rings is 1. The molecule has 1 aromatic carbocycles. The molecule has 2 amide bonds. The first kappa shape index (κ1) is 16.8. The van der Waals surface area contributed by atoms with Crippen LogP contribution in [-0.4, -0.2) is 30.4 Å². The van der Waals surface area contributed by atoms with Crippen molar-refractivity contribution in [3.63, 3.8) is 0 Å². The fourth-order valence-electron chi connectivity index (χ4n) is 1.97. The molecule has 1 heterocycles. The zero-order valence-electron chi connectivity index (χ0n) is 11.8. The number of carbonyl (C=O) groups is 3. The van der Waals surface area contributed by atoms with Crippen LogP contribution in [0.1, 0.15) is 18.4 Å². The summed E-state index contributed by atoms with van der Waals surface area (Å²) in [7, 11) is 0. The second-order valence-electron chi connectivity index (χ2n) is 4.89. The molecule has 1 aromatic rings. The average Bonchev–Trinajstić information content (AvgIpc) is 2.91. The average molecular weight is 330 g/mol. The molecule has 0 saturated carbocycles. The molecule has 1 aliphatic heterocycles. The first-order valence-electron chi connectivity index (χ1n) is 6.69. The second-order valence-corrected chi connectivity index (χ2v) is 4.89. The molecular weight excluding hydrogens is 317 g/mol. The molecule has 1 atom stereocenters. The van der Waals surface area contributed by atoms with Crippen molar-refractivity contribution in [2.75, 3.05) is 11.9 Å². The van der Waals surface area contributed by atoms with E-state index in [1.54, 1.807) is 0 Å². The largest absolute Gasteiger partial charge is 0.454 e. The van der Waals surface area contributed by atoms with Crippen LogP contribution in [0.4, 0.5) is 18.9 Å². The van der Waals surface area contributed by atoms with E-state index >= 15 is 0 Å². The van der Waals surface area contributed by atoms with Gasteiger partial charge < -0.3 is 15.4 Å². The van der Waals surface area contributed by atoms with E-state index in [1.165, 1.54) is 0 Å². The summed E-state index contributed by atoms with van der Waals surface area (Å²) in [6, 6.07) is 3.09. The van der Waals surface area contributed by atoms with E-state index in [9.17, 15) is 27.6 Å². The second kappa shape index (κ2) is 6.67. The minimum absolute atomic E-state index is 0.146. The molecule has 0 bridgehead atoms. The topological polar surface area (TPSA) is 84.5 Å². The highest BCUT2D eigenvalue weighted by Gasteiger charge is 2.30. The zero-order valence-corrected chi connectivity index (χ0v) is 11.8. The molecule has 23 heavy (non-hydrogen) atoms. The Morgan fingerprint density at radius 2 is 1.91 bits per heavy atom. The van der Waals surface area contributed by atoms with Gasteiger partial charge in [0.15, 0.2) is 6.61 Å². The van der Waals surface area contributed by atoms with Crippen LogP contribution in [-0.2, 0) is 25.3 Å². The molecule has 1 aliphatic rings. The maximum absolute atomic E-state index is 12.4. The number of carbonyl (C=O) groups excluding carboxylic acids is 3. The first-order valence-corrected chi connectivity index (χ1v) is 6.69. The van der Waals surface area contributed by atoms with Gasteiger partial charge in [0.25, 0.3) is 5.91 Å². The Hall–Kier alpha value is -2.58. The highest BCUT2D eigenvalue weighted by molar-refractivity contribution is 5.94. The van der Waals surface area contributed by atoms with Crippen molar-refractivity contribution in [2.45, 2.75) is 25.1 Å². The molecule has 6 nitrogen and oxygen atoms in total. The monoisotopic (exact) mass is 330 g/mol. The SMILES string of the molecule is O=C(COC(=O)[C@@H]1CCC(=O)N1)Nc1ccc(C(F)(F)F)cc1. The third-order valence-corrected chi connectivity index (χ3v) is 3.12. The van der Waals surface area contributed by atoms with Crippen molar-refractivity contribution in [2.24, 2.45) is 0 Å². The quantitative estimate of drug-likeness (QED) is 0.819. The molecule has 2 rings (SSSR count). The van der Waals surface area contributed by atoms with Crippen molar-refractivity contribution < 1.29 is 32.3 Å². The van der Waals surface area contributed by atoms with E-state index in [0.29, 0.717) is 6.42 Å². The van der Waals surface area contributed by atoms with Crippen LogP contribution in [0, 0.1) is 0 Å². The van der Waals surface area contributed by atoms with Crippen LogP contribution in [0.15, 0.2) is 24.3 Å². The summed E-state index contributed by atoms with van der Waals surface area (Å²) in [5, 5.41) is 4.70. The summed E-state index contributed by atoms with van der Waals surface area (Å²) in [6.07, 6.45) is -3.93. The van der Waals surface area contributed by atoms with Gasteiger partial charge >= 0.3 is 12.1 Å². The van der Waals surface area contributed by atoms with Gasteiger partial charge in [-0.2, -0.15) is 13.2 Å². The van der Waals surface area contributed by atoms with Crippen LogP contribution in [0.25, 0.3) is 0 Å². The molecule has 124 valence electrons. The highest BCUT2D eigenvalue weighted by atomic mass is 19.4. The third-order valence-electron chi connectivity index (χ3n) is 3.12. The Labute approximate surface area is 129 Å². The lowest BCUT2D eigenvalue weighted by atomic mass is 10.2. The van der Waals surface area contributed by atoms with Crippen molar-refractivity contribution >= 4 is 23.5 Å². The normalized spacial score (nSPS) is 17.5. The Balaban J connectivity index is 1.80. The number of nitrogens with one attached hydrogen (secondary N) is 2. The van der Waals surface area contributed by atoms with Gasteiger partial charge in [-0.1, -0.05) is 0 Å². The number of rotatable bonds is 4. The molecule has 0 radical (unpaired) electrons. The molecule has 1 saturated heterocycles. The van der Waals surface area contributed by atoms with Crippen molar-refractivity contribution in [1.29, 1.82) is 0 Å². The minimum Gasteiger partial charge on any atom is -0.454 e. The van der Waals surface area contributed by atoms with E-state index in [-0.39, 0.29) is 18.0 Å². The van der Waals surface area contributed by atoms with Crippen molar-refractivity contribution in [3.8, 4) is 0 Å². The van der Waals surface area contributed by atoms with Gasteiger partial charge in [0, 0.05) is 12.1 Å². The summed E-state index contributed by atoms with van der Waals surface area (Å²) in [4.78, 5) is 34.1. The standard InChI is InChI=1S/C14H13F3N2O4/c15-14(16,17)8-1-3-9(4-2-8)18-12(21)7-23-13(22)10-5-6-11(20)19-10/h1-4,10H,5-7H2,(H,18,21)(H,19,20)/t10-/m0/s1. The molecule has 0 unspecified atom stereocenters. The Morgan fingerprint density at radius 1 is 1.26 bits per heavy atom. The predicted octanol–water partition coefficient (Wildman–Crippen LogP) is 1.47. The van der Waals surface area contributed by atoms with E-state index in [2.05, 4.69) is 10.6 Å². The predicted molar refractivity (Wildman–Crippen MR) is 72.2 cm³/mol. The lowest BCUT2D eigenvalue weighted by Gasteiger charge is -2.11. The summed E-state index contributed by atoms with van der Waals surface area (Å²) in [6.45, 7) is -0.591.